The fourth-order valence-corrected chi connectivity index (χ4v) is 1.83. The first-order valence-electron chi connectivity index (χ1n) is 6.97. The third-order valence-electron chi connectivity index (χ3n) is 3.07. The van der Waals surface area contributed by atoms with Crippen LogP contribution in [0.4, 0.5) is 5.69 Å². The first kappa shape index (κ1) is 19.8. The van der Waals surface area contributed by atoms with Gasteiger partial charge < -0.3 is 29.4 Å². The number of anilines is 1. The molecular weight excluding hydrogens is 334 g/mol. The summed E-state index contributed by atoms with van der Waals surface area (Å²) in [4.78, 5) is 34.6. The molecule has 0 heterocycles. The van der Waals surface area contributed by atoms with Crippen molar-refractivity contribution in [3.8, 4) is 11.5 Å². The highest BCUT2D eigenvalue weighted by Crippen LogP contribution is 2.36. The number of methoxy groups -OCH3 is 4. The number of benzene rings is 1. The zero-order valence-corrected chi connectivity index (χ0v) is 14.2. The Morgan fingerprint density at radius 3 is 2.28 bits per heavy atom. The van der Waals surface area contributed by atoms with Crippen LogP contribution in [0.5, 0.6) is 11.5 Å². The van der Waals surface area contributed by atoms with Gasteiger partial charge in [0.05, 0.1) is 46.6 Å². The molecule has 2 N–H and O–H groups in total. The van der Waals surface area contributed by atoms with E-state index in [9.17, 15) is 19.5 Å². The van der Waals surface area contributed by atoms with Gasteiger partial charge in [-0.2, -0.15) is 0 Å². The zero-order chi connectivity index (χ0) is 19.0. The number of hydrogen-bond donors (Lipinski definition) is 2. The van der Waals surface area contributed by atoms with Crippen molar-refractivity contribution >= 4 is 23.6 Å². The van der Waals surface area contributed by atoms with E-state index in [1.54, 1.807) is 0 Å². The van der Waals surface area contributed by atoms with Crippen molar-refractivity contribution in [2.75, 3.05) is 33.8 Å². The molecule has 0 spiro atoms. The van der Waals surface area contributed by atoms with Gasteiger partial charge in [0.15, 0.2) is 11.5 Å². The van der Waals surface area contributed by atoms with E-state index in [0.29, 0.717) is 5.56 Å². The van der Waals surface area contributed by atoms with Crippen molar-refractivity contribution in [2.45, 2.75) is 6.42 Å². The molecule has 0 fully saturated rings. The Balaban J connectivity index is 3.30. The van der Waals surface area contributed by atoms with Crippen LogP contribution in [0.15, 0.2) is 23.9 Å². The lowest BCUT2D eigenvalue weighted by atomic mass is 10.1. The van der Waals surface area contributed by atoms with Crippen LogP contribution in [0.2, 0.25) is 0 Å². The number of hydrogen-bond acceptors (Lipinski definition) is 9. The Morgan fingerprint density at radius 2 is 1.76 bits per heavy atom. The molecule has 0 atom stereocenters. The summed E-state index contributed by atoms with van der Waals surface area (Å²) >= 11 is 0. The lowest BCUT2D eigenvalue weighted by molar-refractivity contribution is -0.140. The summed E-state index contributed by atoms with van der Waals surface area (Å²) in [5.74, 6) is -2.42. The molecule has 1 rings (SSSR count). The fourth-order valence-electron chi connectivity index (χ4n) is 1.83. The molecular formula is C16H19NO8. The van der Waals surface area contributed by atoms with E-state index >= 15 is 0 Å². The molecule has 136 valence electrons. The molecule has 0 aliphatic rings. The van der Waals surface area contributed by atoms with Crippen LogP contribution in [0.25, 0.3) is 0 Å². The van der Waals surface area contributed by atoms with Gasteiger partial charge in [0.1, 0.15) is 5.70 Å². The van der Waals surface area contributed by atoms with Crippen molar-refractivity contribution in [1.82, 2.24) is 0 Å². The Morgan fingerprint density at radius 1 is 1.08 bits per heavy atom. The first-order valence-corrected chi connectivity index (χ1v) is 6.97. The van der Waals surface area contributed by atoms with Crippen LogP contribution in [0, 0.1) is 0 Å². The van der Waals surface area contributed by atoms with Crippen LogP contribution in [0.1, 0.15) is 5.56 Å². The fraction of sp³-hybridized carbons (Fsp3) is 0.312. The van der Waals surface area contributed by atoms with Crippen molar-refractivity contribution in [2.24, 2.45) is 0 Å². The predicted molar refractivity (Wildman–Crippen MR) is 86.1 cm³/mol. The third-order valence-corrected chi connectivity index (χ3v) is 3.07. The number of carbonyl (C=O) groups excluding carboxylic acids is 3. The van der Waals surface area contributed by atoms with Gasteiger partial charge in [-0.1, -0.05) is 0 Å². The maximum absolute atomic E-state index is 11.8. The van der Waals surface area contributed by atoms with Crippen LogP contribution in [-0.4, -0.2) is 51.5 Å². The monoisotopic (exact) mass is 353 g/mol. The molecule has 0 aromatic heterocycles. The Bertz CT molecular complexity index is 696. The average molecular weight is 353 g/mol. The Labute approximate surface area is 144 Å². The minimum atomic E-state index is -0.859. The number of carbonyl (C=O) groups is 3. The number of esters is 3. The SMILES string of the molecule is COC(=O)/C=C(/Nc1cc(CC(=O)OC)cc(OC)c1O)C(=O)OC. The maximum atomic E-state index is 11.8. The van der Waals surface area contributed by atoms with Crippen LogP contribution in [0.3, 0.4) is 0 Å². The summed E-state index contributed by atoms with van der Waals surface area (Å²) in [5, 5.41) is 12.8. The van der Waals surface area contributed by atoms with E-state index in [2.05, 4.69) is 19.5 Å². The van der Waals surface area contributed by atoms with Crippen molar-refractivity contribution in [1.29, 1.82) is 0 Å². The third kappa shape index (κ3) is 5.41. The maximum Gasteiger partial charge on any atom is 0.354 e. The largest absolute Gasteiger partial charge is 0.503 e. The summed E-state index contributed by atoms with van der Waals surface area (Å²) in [7, 11) is 4.84. The number of nitrogens with one attached hydrogen (secondary N) is 1. The molecule has 0 unspecified atom stereocenters. The Hall–Kier alpha value is -3.23. The predicted octanol–water partition coefficient (Wildman–Crippen LogP) is 0.758. The number of phenolic OH excluding ortho intramolecular Hbond substituents is 1. The summed E-state index contributed by atoms with van der Waals surface area (Å²) in [5.41, 5.74) is 0.201. The summed E-state index contributed by atoms with van der Waals surface area (Å²) in [6.45, 7) is 0. The second-order valence-corrected chi connectivity index (χ2v) is 4.64. The zero-order valence-electron chi connectivity index (χ0n) is 14.2. The number of phenols is 1. The van der Waals surface area contributed by atoms with E-state index in [1.807, 2.05) is 0 Å². The molecule has 0 saturated carbocycles. The summed E-state index contributed by atoms with van der Waals surface area (Å²) < 4.78 is 18.7. The van der Waals surface area contributed by atoms with Crippen molar-refractivity contribution in [3.63, 3.8) is 0 Å². The van der Waals surface area contributed by atoms with E-state index < -0.39 is 17.9 Å². The van der Waals surface area contributed by atoms with Crippen LogP contribution >= 0.6 is 0 Å². The van der Waals surface area contributed by atoms with Crippen molar-refractivity contribution in [3.05, 3.63) is 29.5 Å². The lowest BCUT2D eigenvalue weighted by Gasteiger charge is -2.14. The highest BCUT2D eigenvalue weighted by Gasteiger charge is 2.18. The second-order valence-electron chi connectivity index (χ2n) is 4.64. The molecule has 25 heavy (non-hydrogen) atoms. The molecule has 0 aliphatic carbocycles. The topological polar surface area (TPSA) is 120 Å². The molecule has 1 aromatic rings. The standard InChI is InChI=1S/C16H19NO8/c1-22-12-6-9(7-13(18)23-2)5-10(15(12)20)17-11(16(21)25-4)8-14(19)24-3/h5-6,8,17,20H,7H2,1-4H3/b11-8+. The highest BCUT2D eigenvalue weighted by molar-refractivity contribution is 5.99. The normalized spacial score (nSPS) is 10.6. The molecule has 9 nitrogen and oxygen atoms in total. The average Bonchev–Trinajstić information content (AvgIpc) is 2.62. The van der Waals surface area contributed by atoms with E-state index in [0.717, 1.165) is 20.3 Å². The molecule has 0 bridgehead atoms. The minimum absolute atomic E-state index is 0.0267. The molecule has 1 aromatic carbocycles. The van der Waals surface area contributed by atoms with E-state index in [1.165, 1.54) is 26.4 Å². The molecule has 9 heteroatoms. The van der Waals surface area contributed by atoms with Gasteiger partial charge in [-0.15, -0.1) is 0 Å². The summed E-state index contributed by atoms with van der Waals surface area (Å²) in [6, 6.07) is 2.85. The quantitative estimate of drug-likeness (QED) is 0.317. The van der Waals surface area contributed by atoms with Gasteiger partial charge in [-0.05, 0) is 17.7 Å². The van der Waals surface area contributed by atoms with Gasteiger partial charge in [-0.3, -0.25) is 4.79 Å². The summed E-state index contributed by atoms with van der Waals surface area (Å²) in [6.07, 6.45) is 0.779. The minimum Gasteiger partial charge on any atom is -0.503 e. The first-order chi connectivity index (χ1) is 11.9. The second kappa shape index (κ2) is 9.16. The van der Waals surface area contributed by atoms with Crippen molar-refractivity contribution < 1.29 is 38.4 Å². The van der Waals surface area contributed by atoms with Crippen LogP contribution < -0.4 is 10.1 Å². The van der Waals surface area contributed by atoms with Gasteiger partial charge in [0.25, 0.3) is 0 Å². The highest BCUT2D eigenvalue weighted by atomic mass is 16.5. The smallest absolute Gasteiger partial charge is 0.354 e. The van der Waals surface area contributed by atoms with Gasteiger partial charge in [-0.25, -0.2) is 9.59 Å². The lowest BCUT2D eigenvalue weighted by Crippen LogP contribution is -2.16. The van der Waals surface area contributed by atoms with E-state index in [4.69, 9.17) is 4.74 Å². The van der Waals surface area contributed by atoms with Crippen LogP contribution in [-0.2, 0) is 35.0 Å². The molecule has 0 aliphatic heterocycles. The van der Waals surface area contributed by atoms with Gasteiger partial charge >= 0.3 is 17.9 Å². The molecule has 0 radical (unpaired) electrons. The van der Waals surface area contributed by atoms with Gasteiger partial charge in [0.2, 0.25) is 0 Å². The Kier molecular flexibility index (Phi) is 7.26. The number of ether oxygens (including phenoxy) is 4. The molecule has 0 amide bonds. The van der Waals surface area contributed by atoms with Gasteiger partial charge in [0, 0.05) is 0 Å². The van der Waals surface area contributed by atoms with E-state index in [-0.39, 0.29) is 29.3 Å². The molecule has 0 saturated heterocycles. The number of rotatable bonds is 7. The number of aromatic hydroxyl groups is 1.